The first-order valence-corrected chi connectivity index (χ1v) is 7.99. The maximum atomic E-state index is 12.2. The van der Waals surface area contributed by atoms with Gasteiger partial charge in [-0.05, 0) is 24.3 Å². The zero-order valence-electron chi connectivity index (χ0n) is 13.3. The van der Waals surface area contributed by atoms with Crippen molar-refractivity contribution in [2.24, 2.45) is 0 Å². The van der Waals surface area contributed by atoms with Crippen molar-refractivity contribution in [2.45, 2.75) is 0 Å². The molecule has 25 heavy (non-hydrogen) atoms. The molecule has 2 rings (SSSR count). The van der Waals surface area contributed by atoms with Crippen molar-refractivity contribution in [3.8, 4) is 11.8 Å². The van der Waals surface area contributed by atoms with Crippen molar-refractivity contribution in [3.63, 3.8) is 0 Å². The Balaban J connectivity index is 2.17. The molecule has 6 heteroatoms. The van der Waals surface area contributed by atoms with E-state index in [9.17, 15) is 10.1 Å². The van der Waals surface area contributed by atoms with E-state index in [1.165, 1.54) is 6.08 Å². The lowest BCUT2D eigenvalue weighted by Crippen LogP contribution is -2.13. The summed E-state index contributed by atoms with van der Waals surface area (Å²) in [4.78, 5) is 12.2. The molecule has 0 aromatic heterocycles. The van der Waals surface area contributed by atoms with Crippen LogP contribution in [0.2, 0.25) is 10.0 Å². The third-order valence-corrected chi connectivity index (χ3v) is 4.06. The number of rotatable bonds is 5. The van der Waals surface area contributed by atoms with E-state index in [-0.39, 0.29) is 10.6 Å². The summed E-state index contributed by atoms with van der Waals surface area (Å²) in [5.41, 5.74) is 1.10. The highest BCUT2D eigenvalue weighted by molar-refractivity contribution is 6.44. The lowest BCUT2D eigenvalue weighted by atomic mass is 10.1. The predicted molar refractivity (Wildman–Crippen MR) is 101 cm³/mol. The van der Waals surface area contributed by atoms with Crippen LogP contribution in [0, 0.1) is 11.3 Å². The van der Waals surface area contributed by atoms with Crippen LogP contribution >= 0.6 is 23.2 Å². The fraction of sp³-hybridized carbons (Fsp3) is 0.0526. The maximum Gasteiger partial charge on any atom is 0.266 e. The Kier molecular flexibility index (Phi) is 6.64. The van der Waals surface area contributed by atoms with E-state index in [0.29, 0.717) is 16.5 Å². The molecule has 0 aliphatic carbocycles. The summed E-state index contributed by atoms with van der Waals surface area (Å²) < 4.78 is 5.24. The Morgan fingerprint density at radius 2 is 1.96 bits per heavy atom. The number of hydrogen-bond donors (Lipinski definition) is 1. The van der Waals surface area contributed by atoms with Crippen LogP contribution in [0.3, 0.4) is 0 Å². The highest BCUT2D eigenvalue weighted by atomic mass is 35.5. The molecule has 0 aliphatic heterocycles. The van der Waals surface area contributed by atoms with Crippen molar-refractivity contribution >= 4 is 40.9 Å². The minimum atomic E-state index is -0.573. The van der Waals surface area contributed by atoms with Crippen molar-refractivity contribution in [1.29, 1.82) is 5.26 Å². The number of halogens is 2. The second-order valence-corrected chi connectivity index (χ2v) is 5.63. The van der Waals surface area contributed by atoms with E-state index < -0.39 is 5.91 Å². The van der Waals surface area contributed by atoms with Gasteiger partial charge in [-0.25, -0.2) is 0 Å². The molecule has 2 aromatic rings. The first kappa shape index (κ1) is 18.6. The number of nitrogens with zero attached hydrogens (tertiary/aromatic N) is 1. The highest BCUT2D eigenvalue weighted by Crippen LogP contribution is 2.29. The number of hydrogen-bond acceptors (Lipinski definition) is 3. The second kappa shape index (κ2) is 8.93. The molecule has 126 valence electrons. The zero-order valence-corrected chi connectivity index (χ0v) is 14.8. The van der Waals surface area contributed by atoms with Crippen LogP contribution < -0.4 is 10.1 Å². The lowest BCUT2D eigenvalue weighted by Gasteiger charge is -2.07. The highest BCUT2D eigenvalue weighted by Gasteiger charge is 2.11. The Morgan fingerprint density at radius 3 is 2.68 bits per heavy atom. The van der Waals surface area contributed by atoms with Crippen molar-refractivity contribution in [3.05, 3.63) is 75.8 Å². The third kappa shape index (κ3) is 4.87. The molecule has 4 nitrogen and oxygen atoms in total. The smallest absolute Gasteiger partial charge is 0.266 e. The van der Waals surface area contributed by atoms with E-state index in [1.54, 1.807) is 37.5 Å². The molecule has 0 aliphatic rings. The summed E-state index contributed by atoms with van der Waals surface area (Å²) in [5.74, 6) is 0.122. The average molecular weight is 373 g/mol. The van der Waals surface area contributed by atoms with E-state index in [4.69, 9.17) is 27.9 Å². The number of ether oxygens (including phenoxy) is 1. The lowest BCUT2D eigenvalue weighted by molar-refractivity contribution is -0.112. The van der Waals surface area contributed by atoms with Crippen molar-refractivity contribution in [2.75, 3.05) is 12.4 Å². The number of nitriles is 1. The fourth-order valence-corrected chi connectivity index (χ4v) is 2.35. The van der Waals surface area contributed by atoms with Gasteiger partial charge in [0.1, 0.15) is 17.4 Å². The molecule has 0 radical (unpaired) electrons. The molecular weight excluding hydrogens is 359 g/mol. The number of benzene rings is 2. The zero-order chi connectivity index (χ0) is 18.2. The number of carbonyl (C=O) groups is 1. The summed E-state index contributed by atoms with van der Waals surface area (Å²) in [7, 11) is 1.57. The quantitative estimate of drug-likeness (QED) is 0.450. The SMILES string of the molecule is COc1ccccc1/C=C/C=C(\C#N)C(=O)Nc1cccc(Cl)c1Cl. The monoisotopic (exact) mass is 372 g/mol. The van der Waals surface area contributed by atoms with Gasteiger partial charge in [-0.15, -0.1) is 0 Å². The molecule has 0 fully saturated rings. The predicted octanol–water partition coefficient (Wildman–Crippen LogP) is 5.10. The van der Waals surface area contributed by atoms with Crippen molar-refractivity contribution in [1.82, 2.24) is 0 Å². The third-order valence-electron chi connectivity index (χ3n) is 3.24. The molecule has 0 saturated heterocycles. The molecule has 0 saturated carbocycles. The minimum absolute atomic E-state index is 0.0674. The molecule has 0 bridgehead atoms. The first-order chi connectivity index (χ1) is 12.1. The number of amides is 1. The number of carbonyl (C=O) groups excluding carboxylic acids is 1. The second-order valence-electron chi connectivity index (χ2n) is 4.85. The summed E-state index contributed by atoms with van der Waals surface area (Å²) in [6, 6.07) is 14.1. The molecule has 1 amide bonds. The van der Waals surface area contributed by atoms with Crippen molar-refractivity contribution < 1.29 is 9.53 Å². The Hall–Kier alpha value is -2.74. The van der Waals surface area contributed by atoms with Crippen LogP contribution in [0.15, 0.2) is 60.2 Å². The minimum Gasteiger partial charge on any atom is -0.496 e. The van der Waals surface area contributed by atoms with Gasteiger partial charge in [-0.3, -0.25) is 4.79 Å². The van der Waals surface area contributed by atoms with Gasteiger partial charge in [0.25, 0.3) is 5.91 Å². The molecule has 2 aromatic carbocycles. The molecule has 0 atom stereocenters. The standard InChI is InChI=1S/C19H14Cl2N2O2/c1-25-17-11-3-2-6-13(17)7-4-8-14(12-22)19(24)23-16-10-5-9-15(20)18(16)21/h2-11H,1H3,(H,23,24)/b7-4+,14-8+. The number of nitrogens with one attached hydrogen (secondary N) is 1. The van der Waals surface area contributed by atoms with E-state index in [1.807, 2.05) is 30.3 Å². The van der Waals surface area contributed by atoms with E-state index in [0.717, 1.165) is 5.56 Å². The molecule has 0 spiro atoms. The molecular formula is C19H14Cl2N2O2. The van der Waals surface area contributed by atoms with Gasteiger partial charge < -0.3 is 10.1 Å². The van der Waals surface area contributed by atoms with Crippen LogP contribution in [-0.4, -0.2) is 13.0 Å². The van der Waals surface area contributed by atoms with Gasteiger partial charge in [0.05, 0.1) is 22.8 Å². The molecule has 1 N–H and O–H groups in total. The molecule has 0 heterocycles. The normalized spacial score (nSPS) is 11.2. The summed E-state index contributed by atoms with van der Waals surface area (Å²) >= 11 is 11.9. The number of methoxy groups -OCH3 is 1. The van der Waals surface area contributed by atoms with Gasteiger partial charge in [0.15, 0.2) is 0 Å². The summed E-state index contributed by atoms with van der Waals surface area (Å²) in [6.07, 6.45) is 4.77. The number of anilines is 1. The summed E-state index contributed by atoms with van der Waals surface area (Å²) in [5, 5.41) is 12.3. The number of para-hydroxylation sites is 1. The Morgan fingerprint density at radius 1 is 1.20 bits per heavy atom. The van der Waals surface area contributed by atoms with Crippen LogP contribution in [-0.2, 0) is 4.79 Å². The van der Waals surface area contributed by atoms with Gasteiger partial charge in [0.2, 0.25) is 0 Å². The summed E-state index contributed by atoms with van der Waals surface area (Å²) in [6.45, 7) is 0. The van der Waals surface area contributed by atoms with Crippen LogP contribution in [0.25, 0.3) is 6.08 Å². The Labute approximate surface area is 155 Å². The van der Waals surface area contributed by atoms with Crippen LogP contribution in [0.5, 0.6) is 5.75 Å². The van der Waals surface area contributed by atoms with Gasteiger partial charge in [-0.1, -0.05) is 59.6 Å². The largest absolute Gasteiger partial charge is 0.496 e. The van der Waals surface area contributed by atoms with Gasteiger partial charge in [0, 0.05) is 5.56 Å². The molecule has 0 unspecified atom stereocenters. The average Bonchev–Trinajstić information content (AvgIpc) is 2.62. The van der Waals surface area contributed by atoms with Crippen LogP contribution in [0.1, 0.15) is 5.56 Å². The topological polar surface area (TPSA) is 62.1 Å². The van der Waals surface area contributed by atoms with E-state index >= 15 is 0 Å². The van der Waals surface area contributed by atoms with E-state index in [2.05, 4.69) is 5.32 Å². The number of allylic oxidation sites excluding steroid dienone is 2. The Bertz CT molecular complexity index is 883. The van der Waals surface area contributed by atoms with Crippen LogP contribution in [0.4, 0.5) is 5.69 Å². The first-order valence-electron chi connectivity index (χ1n) is 7.23. The van der Waals surface area contributed by atoms with Gasteiger partial charge in [-0.2, -0.15) is 5.26 Å². The maximum absolute atomic E-state index is 12.2. The van der Waals surface area contributed by atoms with Gasteiger partial charge >= 0.3 is 0 Å². The fourth-order valence-electron chi connectivity index (χ4n) is 2.01.